The summed E-state index contributed by atoms with van der Waals surface area (Å²) in [6.07, 6.45) is 6.27. The first-order chi connectivity index (χ1) is 15.2. The lowest BCUT2D eigenvalue weighted by Crippen LogP contribution is -2.29. The van der Waals surface area contributed by atoms with E-state index in [4.69, 9.17) is 0 Å². The smallest absolute Gasteiger partial charge is 0.118 e. The van der Waals surface area contributed by atoms with Gasteiger partial charge in [-0.05, 0) is 86.1 Å². The number of piperidine rings is 1. The maximum absolute atomic E-state index is 11.9. The Bertz CT molecular complexity index is 1010. The van der Waals surface area contributed by atoms with Crippen molar-refractivity contribution in [2.24, 2.45) is 5.18 Å². The van der Waals surface area contributed by atoms with Gasteiger partial charge in [0, 0.05) is 36.6 Å². The fourth-order valence-corrected chi connectivity index (χ4v) is 4.73. The molecule has 2 aromatic carbocycles. The molecule has 0 spiro atoms. The molecule has 1 fully saturated rings. The van der Waals surface area contributed by atoms with Crippen LogP contribution in [0.5, 0.6) is 0 Å². The summed E-state index contributed by atoms with van der Waals surface area (Å²) in [6.45, 7) is 6.37. The van der Waals surface area contributed by atoms with Gasteiger partial charge in [-0.3, -0.25) is 4.98 Å². The zero-order chi connectivity index (χ0) is 21.6. The second-order valence-corrected chi connectivity index (χ2v) is 8.64. The van der Waals surface area contributed by atoms with Crippen LogP contribution in [0.25, 0.3) is 0 Å². The summed E-state index contributed by atoms with van der Waals surface area (Å²) in [5, 5.41) is 3.52. The SMILES string of the molecule is Cc1cc(C(C[C@H](c2ccc(N3CCCCC3)cc2)c2ccccc2C)N=O)ccn1. The average molecular weight is 414 g/mol. The Balaban J connectivity index is 1.66. The topological polar surface area (TPSA) is 45.6 Å². The van der Waals surface area contributed by atoms with E-state index in [1.54, 1.807) is 6.20 Å². The summed E-state index contributed by atoms with van der Waals surface area (Å²) in [5.41, 5.74) is 6.86. The number of aryl methyl sites for hydroxylation is 2. The monoisotopic (exact) mass is 413 g/mol. The standard InChI is InChI=1S/C27H31N3O/c1-20-8-4-5-9-25(20)26(19-27(29-31)23-14-15-28-21(2)18-23)22-10-12-24(13-11-22)30-16-6-3-7-17-30/h4-5,8-15,18,26-27H,3,6-7,16-17,19H2,1-2H3/t26-,27?/m1/s1. The summed E-state index contributed by atoms with van der Waals surface area (Å²) in [4.78, 5) is 18.6. The van der Waals surface area contributed by atoms with Gasteiger partial charge >= 0.3 is 0 Å². The van der Waals surface area contributed by atoms with E-state index in [1.165, 1.54) is 41.6 Å². The Morgan fingerprint density at radius 1 is 0.935 bits per heavy atom. The van der Waals surface area contributed by atoms with Crippen molar-refractivity contribution in [1.82, 2.24) is 4.98 Å². The van der Waals surface area contributed by atoms with Crippen molar-refractivity contribution in [2.45, 2.75) is 51.5 Å². The fourth-order valence-electron chi connectivity index (χ4n) is 4.73. The van der Waals surface area contributed by atoms with Crippen LogP contribution in [0.1, 0.15) is 65.6 Å². The van der Waals surface area contributed by atoms with Crippen LogP contribution in [0, 0.1) is 18.8 Å². The average Bonchev–Trinajstić information content (AvgIpc) is 2.81. The molecule has 0 saturated carbocycles. The Morgan fingerprint density at radius 3 is 2.35 bits per heavy atom. The van der Waals surface area contributed by atoms with Gasteiger partial charge in [0.05, 0.1) is 0 Å². The van der Waals surface area contributed by atoms with Gasteiger partial charge in [0.1, 0.15) is 6.04 Å². The van der Waals surface area contributed by atoms with Crippen molar-refractivity contribution < 1.29 is 0 Å². The molecule has 0 radical (unpaired) electrons. The zero-order valence-corrected chi connectivity index (χ0v) is 18.5. The molecular weight excluding hydrogens is 382 g/mol. The number of rotatable bonds is 7. The molecule has 4 rings (SSSR count). The molecule has 1 aliphatic heterocycles. The van der Waals surface area contributed by atoms with E-state index in [9.17, 15) is 4.91 Å². The number of nitrogens with zero attached hydrogens (tertiary/aromatic N) is 3. The van der Waals surface area contributed by atoms with Crippen LogP contribution in [0.4, 0.5) is 5.69 Å². The molecule has 4 heteroatoms. The third-order valence-electron chi connectivity index (χ3n) is 6.47. The number of anilines is 1. The minimum atomic E-state index is -0.409. The van der Waals surface area contributed by atoms with Crippen molar-refractivity contribution in [3.63, 3.8) is 0 Å². The third-order valence-corrected chi connectivity index (χ3v) is 6.47. The lowest BCUT2D eigenvalue weighted by atomic mass is 9.82. The quantitative estimate of drug-likeness (QED) is 0.404. The number of nitroso groups, excluding NO2 is 1. The molecule has 0 aliphatic carbocycles. The molecule has 2 heterocycles. The highest BCUT2D eigenvalue weighted by Gasteiger charge is 2.24. The molecule has 1 saturated heterocycles. The Morgan fingerprint density at radius 2 is 1.68 bits per heavy atom. The maximum Gasteiger partial charge on any atom is 0.118 e. The van der Waals surface area contributed by atoms with Crippen LogP contribution in [0.2, 0.25) is 0 Å². The van der Waals surface area contributed by atoms with Crippen molar-refractivity contribution in [1.29, 1.82) is 0 Å². The van der Waals surface area contributed by atoms with Gasteiger partial charge in [-0.2, -0.15) is 4.91 Å². The number of aromatic nitrogens is 1. The summed E-state index contributed by atoms with van der Waals surface area (Å²) in [7, 11) is 0. The first-order valence-electron chi connectivity index (χ1n) is 11.3. The molecule has 1 unspecified atom stereocenters. The van der Waals surface area contributed by atoms with Crippen LogP contribution in [-0.4, -0.2) is 18.1 Å². The Kier molecular flexibility index (Phi) is 6.76. The van der Waals surface area contributed by atoms with Crippen LogP contribution < -0.4 is 4.90 Å². The van der Waals surface area contributed by atoms with Crippen molar-refractivity contribution in [2.75, 3.05) is 18.0 Å². The Hall–Kier alpha value is -3.01. The number of hydrogen-bond acceptors (Lipinski definition) is 4. The lowest BCUT2D eigenvalue weighted by Gasteiger charge is -2.29. The van der Waals surface area contributed by atoms with Gasteiger partial charge in [-0.1, -0.05) is 41.6 Å². The molecule has 3 aromatic rings. The first kappa shape index (κ1) is 21.2. The second-order valence-electron chi connectivity index (χ2n) is 8.64. The van der Waals surface area contributed by atoms with Crippen LogP contribution >= 0.6 is 0 Å². The van der Waals surface area contributed by atoms with E-state index in [0.717, 1.165) is 24.3 Å². The fraction of sp³-hybridized carbons (Fsp3) is 0.370. The van der Waals surface area contributed by atoms with E-state index in [0.29, 0.717) is 6.42 Å². The van der Waals surface area contributed by atoms with E-state index in [1.807, 2.05) is 19.1 Å². The summed E-state index contributed by atoms with van der Waals surface area (Å²) in [5.74, 6) is 0.104. The first-order valence-corrected chi connectivity index (χ1v) is 11.3. The van der Waals surface area contributed by atoms with E-state index in [-0.39, 0.29) is 5.92 Å². The number of pyridine rings is 1. The van der Waals surface area contributed by atoms with E-state index < -0.39 is 6.04 Å². The van der Waals surface area contributed by atoms with Crippen LogP contribution in [-0.2, 0) is 0 Å². The highest BCUT2D eigenvalue weighted by atomic mass is 16.3. The van der Waals surface area contributed by atoms with Gasteiger partial charge < -0.3 is 4.90 Å². The molecular formula is C27H31N3O. The zero-order valence-electron chi connectivity index (χ0n) is 18.5. The van der Waals surface area contributed by atoms with Gasteiger partial charge in [-0.15, -0.1) is 0 Å². The summed E-state index contributed by atoms with van der Waals surface area (Å²) in [6, 6.07) is 20.9. The third kappa shape index (κ3) is 5.01. The number of benzene rings is 2. The largest absolute Gasteiger partial charge is 0.372 e. The molecule has 0 bridgehead atoms. The molecule has 160 valence electrons. The highest BCUT2D eigenvalue weighted by molar-refractivity contribution is 5.50. The second kappa shape index (κ2) is 9.86. The Labute approximate surface area is 185 Å². The van der Waals surface area contributed by atoms with Gasteiger partial charge in [-0.25, -0.2) is 0 Å². The minimum absolute atomic E-state index is 0.104. The van der Waals surface area contributed by atoms with Crippen LogP contribution in [0.3, 0.4) is 0 Å². The number of hydrogen-bond donors (Lipinski definition) is 0. The summed E-state index contributed by atoms with van der Waals surface area (Å²) < 4.78 is 0. The maximum atomic E-state index is 11.9. The van der Waals surface area contributed by atoms with E-state index in [2.05, 4.69) is 70.5 Å². The van der Waals surface area contributed by atoms with Crippen molar-refractivity contribution in [3.8, 4) is 0 Å². The molecule has 1 aromatic heterocycles. The molecule has 0 N–H and O–H groups in total. The van der Waals surface area contributed by atoms with Crippen molar-refractivity contribution >= 4 is 5.69 Å². The molecule has 1 aliphatic rings. The lowest BCUT2D eigenvalue weighted by molar-refractivity contribution is 0.577. The molecule has 31 heavy (non-hydrogen) atoms. The van der Waals surface area contributed by atoms with E-state index >= 15 is 0 Å². The minimum Gasteiger partial charge on any atom is -0.372 e. The van der Waals surface area contributed by atoms with Crippen molar-refractivity contribution in [3.05, 3.63) is 99.7 Å². The normalized spacial score (nSPS) is 16.0. The van der Waals surface area contributed by atoms with Gasteiger partial charge in [0.25, 0.3) is 0 Å². The molecule has 2 atom stereocenters. The predicted octanol–water partition coefficient (Wildman–Crippen LogP) is 6.72. The van der Waals surface area contributed by atoms with Crippen LogP contribution in [0.15, 0.2) is 72.0 Å². The molecule has 0 amide bonds. The highest BCUT2D eigenvalue weighted by Crippen LogP contribution is 2.38. The summed E-state index contributed by atoms with van der Waals surface area (Å²) >= 11 is 0. The van der Waals surface area contributed by atoms with Gasteiger partial charge in [0.2, 0.25) is 0 Å². The van der Waals surface area contributed by atoms with Gasteiger partial charge in [0.15, 0.2) is 0 Å². The predicted molar refractivity (Wildman–Crippen MR) is 128 cm³/mol. The molecule has 4 nitrogen and oxygen atoms in total.